The Hall–Kier alpha value is -2.35. The van der Waals surface area contributed by atoms with E-state index in [1.54, 1.807) is 24.3 Å². The van der Waals surface area contributed by atoms with E-state index in [1.165, 1.54) is 23.9 Å². The Morgan fingerprint density at radius 2 is 1.83 bits per heavy atom. The Labute approximate surface area is 139 Å². The van der Waals surface area contributed by atoms with Crippen LogP contribution in [0, 0.1) is 5.82 Å². The van der Waals surface area contributed by atoms with E-state index in [4.69, 9.17) is 0 Å². The number of thioether (sulfide) groups is 1. The number of nitrogens with zero attached hydrogens (tertiary/aromatic N) is 2. The van der Waals surface area contributed by atoms with Crippen LogP contribution in [-0.4, -0.2) is 15.2 Å². The van der Waals surface area contributed by atoms with Gasteiger partial charge in [-0.1, -0.05) is 42.1 Å². The van der Waals surface area contributed by atoms with Crippen LogP contribution in [0.15, 0.2) is 53.7 Å². The zero-order chi connectivity index (χ0) is 17.2. The number of hydrogen-bond acceptors (Lipinski definition) is 3. The third-order valence-electron chi connectivity index (χ3n) is 3.22. The average Bonchev–Trinajstić information content (AvgIpc) is 3.02. The molecule has 124 valence electrons. The first kappa shape index (κ1) is 16.5. The van der Waals surface area contributed by atoms with E-state index >= 15 is 0 Å². The number of halogens is 4. The third kappa shape index (κ3) is 3.76. The van der Waals surface area contributed by atoms with Crippen LogP contribution >= 0.6 is 11.8 Å². The Bertz CT molecular complexity index is 845. The van der Waals surface area contributed by atoms with Crippen LogP contribution in [0.3, 0.4) is 0 Å². The third-order valence-corrected chi connectivity index (χ3v) is 4.13. The topological polar surface area (TPSA) is 41.6 Å². The van der Waals surface area contributed by atoms with Crippen LogP contribution in [-0.2, 0) is 11.9 Å². The number of rotatable bonds is 4. The summed E-state index contributed by atoms with van der Waals surface area (Å²) in [6.07, 6.45) is -4.37. The van der Waals surface area contributed by atoms with Crippen molar-refractivity contribution < 1.29 is 17.6 Å². The molecule has 0 atom stereocenters. The van der Waals surface area contributed by atoms with Crippen LogP contribution in [0.4, 0.5) is 17.6 Å². The van der Waals surface area contributed by atoms with Gasteiger partial charge >= 0.3 is 6.18 Å². The summed E-state index contributed by atoms with van der Waals surface area (Å²) in [7, 11) is 0. The number of H-pyrrole nitrogens is 1. The first-order valence-corrected chi connectivity index (χ1v) is 7.88. The molecule has 0 spiro atoms. The van der Waals surface area contributed by atoms with Gasteiger partial charge in [-0.25, -0.2) is 9.37 Å². The molecule has 1 aromatic heterocycles. The van der Waals surface area contributed by atoms with Gasteiger partial charge in [0.25, 0.3) is 0 Å². The molecule has 8 heteroatoms. The van der Waals surface area contributed by atoms with E-state index in [-0.39, 0.29) is 17.1 Å². The summed E-state index contributed by atoms with van der Waals surface area (Å²) in [6, 6.07) is 11.2. The van der Waals surface area contributed by atoms with Gasteiger partial charge in [-0.2, -0.15) is 13.2 Å². The number of hydrogen-bond donors (Lipinski definition) is 1. The molecule has 0 radical (unpaired) electrons. The summed E-state index contributed by atoms with van der Waals surface area (Å²) in [5, 5.41) is 6.93. The first-order valence-electron chi connectivity index (χ1n) is 6.90. The fraction of sp³-hybridized carbons (Fsp3) is 0.125. The summed E-state index contributed by atoms with van der Waals surface area (Å²) in [5.41, 5.74) is 0.102. The van der Waals surface area contributed by atoms with Crippen molar-refractivity contribution in [3.8, 4) is 11.4 Å². The normalized spacial score (nSPS) is 11.7. The largest absolute Gasteiger partial charge is 0.416 e. The number of benzene rings is 2. The Morgan fingerprint density at radius 1 is 1.04 bits per heavy atom. The highest BCUT2D eigenvalue weighted by Gasteiger charge is 2.30. The van der Waals surface area contributed by atoms with E-state index in [1.807, 2.05) is 0 Å². The van der Waals surface area contributed by atoms with Gasteiger partial charge in [0.15, 0.2) is 5.82 Å². The lowest BCUT2D eigenvalue weighted by atomic mass is 10.1. The molecule has 3 nitrogen and oxygen atoms in total. The highest BCUT2D eigenvalue weighted by molar-refractivity contribution is 7.98. The maximum absolute atomic E-state index is 13.7. The van der Waals surface area contributed by atoms with Crippen molar-refractivity contribution in [2.75, 3.05) is 0 Å². The lowest BCUT2D eigenvalue weighted by molar-refractivity contribution is -0.137. The molecule has 0 aliphatic carbocycles. The second-order valence-electron chi connectivity index (χ2n) is 4.93. The molecule has 0 fully saturated rings. The zero-order valence-corrected chi connectivity index (χ0v) is 13.0. The summed E-state index contributed by atoms with van der Waals surface area (Å²) in [4.78, 5) is 4.16. The molecule has 0 saturated heterocycles. The number of alkyl halides is 3. The monoisotopic (exact) mass is 353 g/mol. The van der Waals surface area contributed by atoms with E-state index in [0.29, 0.717) is 10.7 Å². The van der Waals surface area contributed by atoms with Gasteiger partial charge in [-0.15, -0.1) is 5.10 Å². The molecule has 0 aliphatic heterocycles. The Kier molecular flexibility index (Phi) is 4.57. The highest BCUT2D eigenvalue weighted by Crippen LogP contribution is 2.31. The maximum Gasteiger partial charge on any atom is 0.416 e. The number of nitrogens with one attached hydrogen (secondary N) is 1. The minimum Gasteiger partial charge on any atom is -0.258 e. The van der Waals surface area contributed by atoms with Crippen molar-refractivity contribution in [2.24, 2.45) is 0 Å². The summed E-state index contributed by atoms with van der Waals surface area (Å²) < 4.78 is 51.8. The van der Waals surface area contributed by atoms with Crippen molar-refractivity contribution >= 4 is 11.8 Å². The predicted molar refractivity (Wildman–Crippen MR) is 82.8 cm³/mol. The second kappa shape index (κ2) is 6.64. The molecule has 2 aromatic carbocycles. The van der Waals surface area contributed by atoms with Crippen LogP contribution < -0.4 is 0 Å². The SMILES string of the molecule is Fc1ccccc1-c1nc(SCc2cccc(C(F)(F)F)c2)n[nH]1. The lowest BCUT2D eigenvalue weighted by Crippen LogP contribution is -2.04. The van der Waals surface area contributed by atoms with Crippen molar-refractivity contribution in [2.45, 2.75) is 17.1 Å². The molecule has 0 bridgehead atoms. The molecule has 0 amide bonds. The van der Waals surface area contributed by atoms with Crippen LogP contribution in [0.5, 0.6) is 0 Å². The quantitative estimate of drug-likeness (QED) is 0.535. The number of aromatic amines is 1. The van der Waals surface area contributed by atoms with Gasteiger partial charge in [0.05, 0.1) is 11.1 Å². The van der Waals surface area contributed by atoms with E-state index in [0.717, 1.165) is 12.1 Å². The molecule has 0 unspecified atom stereocenters. The Balaban J connectivity index is 1.71. The number of aromatic nitrogens is 3. The molecule has 3 rings (SSSR count). The van der Waals surface area contributed by atoms with E-state index in [2.05, 4.69) is 15.2 Å². The molecular formula is C16H11F4N3S. The summed E-state index contributed by atoms with van der Waals surface area (Å²) in [5.74, 6) is 0.126. The van der Waals surface area contributed by atoms with Crippen molar-refractivity contribution in [3.63, 3.8) is 0 Å². The molecule has 24 heavy (non-hydrogen) atoms. The van der Waals surface area contributed by atoms with Gasteiger partial charge < -0.3 is 0 Å². The lowest BCUT2D eigenvalue weighted by Gasteiger charge is -2.07. The summed E-state index contributed by atoms with van der Waals surface area (Å²) in [6.45, 7) is 0. The molecule has 1 N–H and O–H groups in total. The van der Waals surface area contributed by atoms with Gasteiger partial charge in [0, 0.05) is 5.75 Å². The molecule has 3 aromatic rings. The average molecular weight is 353 g/mol. The predicted octanol–water partition coefficient (Wildman–Crippen LogP) is 4.92. The Morgan fingerprint density at radius 3 is 2.58 bits per heavy atom. The standard InChI is InChI=1S/C16H11F4N3S/c17-13-7-2-1-6-12(13)14-21-15(23-22-14)24-9-10-4-3-5-11(8-10)16(18,19)20/h1-8H,9H2,(H,21,22,23). The van der Waals surface area contributed by atoms with Gasteiger partial charge in [-0.05, 0) is 23.8 Å². The maximum atomic E-state index is 13.7. The molecule has 0 aliphatic rings. The van der Waals surface area contributed by atoms with Crippen LogP contribution in [0.25, 0.3) is 11.4 Å². The fourth-order valence-corrected chi connectivity index (χ4v) is 2.81. The van der Waals surface area contributed by atoms with Crippen molar-refractivity contribution in [1.82, 2.24) is 15.2 Å². The van der Waals surface area contributed by atoms with E-state index < -0.39 is 17.6 Å². The van der Waals surface area contributed by atoms with Gasteiger partial charge in [-0.3, -0.25) is 5.10 Å². The van der Waals surface area contributed by atoms with Gasteiger partial charge in [0.2, 0.25) is 5.16 Å². The van der Waals surface area contributed by atoms with Crippen LogP contribution in [0.2, 0.25) is 0 Å². The zero-order valence-electron chi connectivity index (χ0n) is 12.1. The summed E-state index contributed by atoms with van der Waals surface area (Å²) >= 11 is 1.17. The molecule has 1 heterocycles. The molecule has 0 saturated carbocycles. The van der Waals surface area contributed by atoms with Gasteiger partial charge in [0.1, 0.15) is 5.82 Å². The minimum atomic E-state index is -4.37. The fourth-order valence-electron chi connectivity index (χ4n) is 2.07. The minimum absolute atomic E-state index is 0.276. The molecular weight excluding hydrogens is 342 g/mol. The second-order valence-corrected chi connectivity index (χ2v) is 5.88. The van der Waals surface area contributed by atoms with E-state index in [9.17, 15) is 17.6 Å². The van der Waals surface area contributed by atoms with Crippen LogP contribution in [0.1, 0.15) is 11.1 Å². The first-order chi connectivity index (χ1) is 11.4. The highest BCUT2D eigenvalue weighted by atomic mass is 32.2. The van der Waals surface area contributed by atoms with Crippen molar-refractivity contribution in [3.05, 3.63) is 65.5 Å². The smallest absolute Gasteiger partial charge is 0.258 e. The van der Waals surface area contributed by atoms with Crippen molar-refractivity contribution in [1.29, 1.82) is 0 Å².